The lowest BCUT2D eigenvalue weighted by atomic mass is 10.1. The van der Waals surface area contributed by atoms with E-state index in [-0.39, 0.29) is 11.8 Å². The monoisotopic (exact) mass is 442 g/mol. The van der Waals surface area contributed by atoms with Gasteiger partial charge >= 0.3 is 0 Å². The quantitative estimate of drug-likeness (QED) is 0.482. The van der Waals surface area contributed by atoms with Crippen molar-refractivity contribution in [1.82, 2.24) is 10.2 Å². The predicted molar refractivity (Wildman–Crippen MR) is 127 cm³/mol. The number of ether oxygens (including phenoxy) is 1. The summed E-state index contributed by atoms with van der Waals surface area (Å²) in [7, 11) is 1.63. The van der Waals surface area contributed by atoms with E-state index >= 15 is 0 Å². The normalized spacial score (nSPS) is 11.8. The number of nitrogens with one attached hydrogen (secondary N) is 1. The van der Waals surface area contributed by atoms with Crippen LogP contribution in [0.15, 0.2) is 59.5 Å². The molecule has 31 heavy (non-hydrogen) atoms. The Labute approximate surface area is 190 Å². The smallest absolute Gasteiger partial charge is 0.242 e. The van der Waals surface area contributed by atoms with Gasteiger partial charge in [0, 0.05) is 30.2 Å². The summed E-state index contributed by atoms with van der Waals surface area (Å²) in [4.78, 5) is 29.0. The van der Waals surface area contributed by atoms with Crippen molar-refractivity contribution in [1.29, 1.82) is 0 Å². The van der Waals surface area contributed by atoms with E-state index in [0.717, 1.165) is 16.2 Å². The summed E-state index contributed by atoms with van der Waals surface area (Å²) in [6.07, 6.45) is 0.946. The van der Waals surface area contributed by atoms with E-state index in [9.17, 15) is 9.59 Å². The number of methoxy groups -OCH3 is 1. The number of carbonyl (C=O) groups is 2. The molecule has 0 saturated heterocycles. The second-order valence-corrected chi connectivity index (χ2v) is 9.01. The van der Waals surface area contributed by atoms with Crippen LogP contribution in [0.3, 0.4) is 0 Å². The molecule has 1 atom stereocenters. The van der Waals surface area contributed by atoms with Gasteiger partial charge in [0.25, 0.3) is 0 Å². The van der Waals surface area contributed by atoms with Crippen LogP contribution in [0.2, 0.25) is 0 Å². The maximum absolute atomic E-state index is 13.2. The van der Waals surface area contributed by atoms with E-state index in [4.69, 9.17) is 4.74 Å². The summed E-state index contributed by atoms with van der Waals surface area (Å²) in [5.74, 6) is 1.70. The van der Waals surface area contributed by atoms with E-state index in [1.54, 1.807) is 23.8 Å². The van der Waals surface area contributed by atoms with Crippen molar-refractivity contribution in [3.05, 3.63) is 60.2 Å². The molecule has 0 heterocycles. The minimum Gasteiger partial charge on any atom is -0.497 e. The third-order valence-corrected chi connectivity index (χ3v) is 5.92. The van der Waals surface area contributed by atoms with E-state index in [1.807, 2.05) is 61.5 Å². The van der Waals surface area contributed by atoms with Gasteiger partial charge in [0.05, 0.1) is 7.11 Å². The standard InChI is InChI=1S/C25H34N2O3S/c1-5-23(25(29)26-17-19(2)3)27(18-20-11-13-21(30-4)14-12-20)24(28)15-16-31-22-9-7-6-8-10-22/h6-14,19,23H,5,15-18H2,1-4H3,(H,26,29)/t23-/m0/s1. The molecule has 2 aromatic rings. The van der Waals surface area contributed by atoms with Crippen LogP contribution in [-0.2, 0) is 16.1 Å². The molecule has 0 bridgehead atoms. The van der Waals surface area contributed by atoms with Gasteiger partial charge in [-0.15, -0.1) is 11.8 Å². The molecule has 168 valence electrons. The van der Waals surface area contributed by atoms with E-state index in [2.05, 4.69) is 19.2 Å². The summed E-state index contributed by atoms with van der Waals surface area (Å²) in [6.45, 7) is 7.06. The molecule has 0 unspecified atom stereocenters. The van der Waals surface area contributed by atoms with Gasteiger partial charge in [-0.1, -0.05) is 51.1 Å². The zero-order valence-electron chi connectivity index (χ0n) is 19.0. The van der Waals surface area contributed by atoms with Gasteiger partial charge in [0.1, 0.15) is 11.8 Å². The Morgan fingerprint density at radius 1 is 1.06 bits per heavy atom. The molecule has 0 fully saturated rings. The lowest BCUT2D eigenvalue weighted by molar-refractivity contribution is -0.141. The Hall–Kier alpha value is -2.47. The lowest BCUT2D eigenvalue weighted by Gasteiger charge is -2.31. The summed E-state index contributed by atoms with van der Waals surface area (Å²) in [6, 6.07) is 17.2. The van der Waals surface area contributed by atoms with Gasteiger partial charge in [-0.05, 0) is 42.2 Å². The zero-order valence-corrected chi connectivity index (χ0v) is 19.8. The molecule has 2 rings (SSSR count). The molecular formula is C25H34N2O3S. The first-order valence-corrected chi connectivity index (χ1v) is 11.8. The largest absolute Gasteiger partial charge is 0.497 e. The van der Waals surface area contributed by atoms with Crippen molar-refractivity contribution in [2.75, 3.05) is 19.4 Å². The molecule has 6 heteroatoms. The number of amides is 2. The van der Waals surface area contributed by atoms with Crippen LogP contribution in [-0.4, -0.2) is 42.2 Å². The van der Waals surface area contributed by atoms with Crippen LogP contribution >= 0.6 is 11.8 Å². The van der Waals surface area contributed by atoms with Crippen LogP contribution in [0.1, 0.15) is 39.2 Å². The predicted octanol–water partition coefficient (Wildman–Crippen LogP) is 4.76. The number of nitrogens with zero attached hydrogens (tertiary/aromatic N) is 1. The van der Waals surface area contributed by atoms with Crippen molar-refractivity contribution < 1.29 is 14.3 Å². The molecule has 0 aromatic heterocycles. The SMILES string of the molecule is CC[C@@H](C(=O)NCC(C)C)N(Cc1ccc(OC)cc1)C(=O)CCSc1ccccc1. The summed E-state index contributed by atoms with van der Waals surface area (Å²) in [5, 5.41) is 3.00. The van der Waals surface area contributed by atoms with Gasteiger partial charge < -0.3 is 15.0 Å². The molecule has 5 nitrogen and oxygen atoms in total. The first kappa shape index (κ1) is 24.8. The van der Waals surface area contributed by atoms with Crippen molar-refractivity contribution in [3.8, 4) is 5.75 Å². The number of carbonyl (C=O) groups excluding carboxylic acids is 2. The summed E-state index contributed by atoms with van der Waals surface area (Å²) >= 11 is 1.65. The van der Waals surface area contributed by atoms with Crippen LogP contribution in [0.25, 0.3) is 0 Å². The van der Waals surface area contributed by atoms with Gasteiger partial charge in [0.2, 0.25) is 11.8 Å². The van der Waals surface area contributed by atoms with Crippen LogP contribution in [0.5, 0.6) is 5.75 Å². The van der Waals surface area contributed by atoms with Crippen LogP contribution in [0, 0.1) is 5.92 Å². The minimum absolute atomic E-state index is 0.00852. The van der Waals surface area contributed by atoms with Crippen molar-refractivity contribution in [3.63, 3.8) is 0 Å². The fourth-order valence-corrected chi connectivity index (χ4v) is 4.05. The van der Waals surface area contributed by atoms with E-state index in [0.29, 0.717) is 37.6 Å². The van der Waals surface area contributed by atoms with Gasteiger partial charge in [0.15, 0.2) is 0 Å². The highest BCUT2D eigenvalue weighted by Crippen LogP contribution is 2.21. The van der Waals surface area contributed by atoms with E-state index in [1.165, 1.54) is 0 Å². The minimum atomic E-state index is -0.491. The highest BCUT2D eigenvalue weighted by atomic mass is 32.2. The van der Waals surface area contributed by atoms with Crippen molar-refractivity contribution in [2.24, 2.45) is 5.92 Å². The zero-order chi connectivity index (χ0) is 22.6. The summed E-state index contributed by atoms with van der Waals surface area (Å²) in [5.41, 5.74) is 0.972. The van der Waals surface area contributed by atoms with Crippen LogP contribution in [0.4, 0.5) is 0 Å². The Balaban J connectivity index is 2.11. The van der Waals surface area contributed by atoms with Crippen molar-refractivity contribution in [2.45, 2.75) is 51.1 Å². The number of hydrogen-bond donors (Lipinski definition) is 1. The molecule has 1 N–H and O–H groups in total. The average Bonchev–Trinajstić information content (AvgIpc) is 2.78. The van der Waals surface area contributed by atoms with Crippen molar-refractivity contribution >= 4 is 23.6 Å². The maximum Gasteiger partial charge on any atom is 0.242 e. The average molecular weight is 443 g/mol. The summed E-state index contributed by atoms with van der Waals surface area (Å²) < 4.78 is 5.23. The Bertz CT molecular complexity index is 809. The fourth-order valence-electron chi connectivity index (χ4n) is 3.19. The van der Waals surface area contributed by atoms with E-state index < -0.39 is 6.04 Å². The molecule has 2 aromatic carbocycles. The Kier molecular flexibility index (Phi) is 10.4. The first-order chi connectivity index (χ1) is 14.9. The maximum atomic E-state index is 13.2. The lowest BCUT2D eigenvalue weighted by Crippen LogP contribution is -2.49. The second kappa shape index (κ2) is 13.1. The first-order valence-electron chi connectivity index (χ1n) is 10.8. The topological polar surface area (TPSA) is 58.6 Å². The third kappa shape index (κ3) is 8.29. The molecule has 0 aliphatic carbocycles. The van der Waals surface area contributed by atoms with Gasteiger partial charge in [-0.3, -0.25) is 9.59 Å². The highest BCUT2D eigenvalue weighted by Gasteiger charge is 2.28. The highest BCUT2D eigenvalue weighted by molar-refractivity contribution is 7.99. The molecule has 0 aliphatic heterocycles. The Morgan fingerprint density at radius 2 is 1.74 bits per heavy atom. The molecular weight excluding hydrogens is 408 g/mol. The number of thioether (sulfide) groups is 1. The van der Waals surface area contributed by atoms with Gasteiger partial charge in [-0.2, -0.15) is 0 Å². The molecule has 2 amide bonds. The number of hydrogen-bond acceptors (Lipinski definition) is 4. The molecule has 0 aliphatic rings. The number of benzene rings is 2. The molecule has 0 radical (unpaired) electrons. The molecule has 0 saturated carbocycles. The van der Waals surface area contributed by atoms with Crippen LogP contribution < -0.4 is 10.1 Å². The second-order valence-electron chi connectivity index (χ2n) is 7.84. The Morgan fingerprint density at radius 3 is 2.32 bits per heavy atom. The third-order valence-electron chi connectivity index (χ3n) is 4.91. The number of rotatable bonds is 12. The van der Waals surface area contributed by atoms with Gasteiger partial charge in [-0.25, -0.2) is 0 Å². The molecule has 0 spiro atoms. The fraction of sp³-hybridized carbons (Fsp3) is 0.440.